The number of pyridine rings is 1. The molecule has 3 aliphatic carbocycles. The summed E-state index contributed by atoms with van der Waals surface area (Å²) in [5.74, 6) is 1.98. The van der Waals surface area contributed by atoms with E-state index in [1.54, 1.807) is 13.0 Å². The predicted octanol–water partition coefficient (Wildman–Crippen LogP) is 4.89. The predicted molar refractivity (Wildman–Crippen MR) is 136 cm³/mol. The molecule has 1 spiro atoms. The van der Waals surface area contributed by atoms with Crippen molar-refractivity contribution in [3.8, 4) is 5.69 Å². The van der Waals surface area contributed by atoms with E-state index in [4.69, 9.17) is 11.6 Å². The van der Waals surface area contributed by atoms with Crippen molar-refractivity contribution in [1.29, 1.82) is 0 Å². The molecule has 0 atom stereocenters. The molecule has 6 aliphatic rings. The lowest BCUT2D eigenvalue weighted by molar-refractivity contribution is -0.364. The van der Waals surface area contributed by atoms with Crippen LogP contribution >= 0.6 is 11.6 Å². The summed E-state index contributed by atoms with van der Waals surface area (Å²) in [6.07, 6.45) is -3.71. The normalized spacial score (nSPS) is 28.6. The molecule has 0 radical (unpaired) electrons. The molecule has 0 unspecified atom stereocenters. The van der Waals surface area contributed by atoms with Gasteiger partial charge in [0.25, 0.3) is 0 Å². The minimum absolute atomic E-state index is 0.119. The summed E-state index contributed by atoms with van der Waals surface area (Å²) in [5, 5.41) is 9.70. The van der Waals surface area contributed by atoms with Crippen LogP contribution in [0, 0.1) is 23.6 Å². The molecule has 5 heterocycles. The van der Waals surface area contributed by atoms with Crippen LogP contribution in [-0.2, 0) is 13.1 Å². The number of anilines is 2. The molecule has 3 saturated carbocycles. The number of fused-ring (bicyclic) bond motifs is 3. The molecule has 7 nitrogen and oxygen atoms in total. The number of aromatic nitrogens is 4. The van der Waals surface area contributed by atoms with Gasteiger partial charge in [-0.2, -0.15) is 13.2 Å². The van der Waals surface area contributed by atoms with E-state index in [0.717, 1.165) is 55.0 Å². The second-order valence-corrected chi connectivity index (χ2v) is 12.8. The Morgan fingerprint density at radius 3 is 2.33 bits per heavy atom. The zero-order valence-electron chi connectivity index (χ0n) is 21.3. The fourth-order valence-electron chi connectivity index (χ4n) is 7.64. The highest BCUT2D eigenvalue weighted by molar-refractivity contribution is 6.30. The lowest BCUT2D eigenvalue weighted by Gasteiger charge is -2.73. The van der Waals surface area contributed by atoms with Gasteiger partial charge in [0.2, 0.25) is 5.95 Å². The van der Waals surface area contributed by atoms with Crippen LogP contribution in [0.2, 0.25) is 5.02 Å². The minimum atomic E-state index is -4.15. The Labute approximate surface area is 227 Å². The fraction of sp³-hybridized carbons (Fsp3) is 0.519. The molecule has 2 saturated heterocycles. The number of aryl methyl sites for hydroxylation is 1. The van der Waals surface area contributed by atoms with Crippen molar-refractivity contribution >= 4 is 23.4 Å². The lowest BCUT2D eigenvalue weighted by atomic mass is 9.38. The maximum atomic E-state index is 13.6. The van der Waals surface area contributed by atoms with Crippen LogP contribution in [0.5, 0.6) is 0 Å². The highest BCUT2D eigenvalue weighted by Crippen LogP contribution is 2.75. The Morgan fingerprint density at radius 1 is 0.923 bits per heavy atom. The fourth-order valence-corrected chi connectivity index (χ4v) is 7.83. The van der Waals surface area contributed by atoms with E-state index in [1.165, 1.54) is 6.07 Å². The molecule has 9 rings (SSSR count). The molecule has 1 aromatic carbocycles. The first-order chi connectivity index (χ1) is 18.5. The van der Waals surface area contributed by atoms with E-state index >= 15 is 0 Å². The van der Waals surface area contributed by atoms with Crippen molar-refractivity contribution in [2.24, 2.45) is 10.8 Å². The third-order valence-corrected chi connectivity index (χ3v) is 9.92. The molecule has 3 aromatic rings. The standard InChI is InChI=1S/C27H26ClF4N7/c1-16-19(29)3-5-21(33-16)36-12-24(13-36)14-37(15-24)23-35-34-22-8-38(26-9-25(10-26,11-26)27(30,31)32)7-17-6-18(28)2-4-20(17)39(22)23/h2-6H,7-15H2,1H3. The Balaban J connectivity index is 1.04. The van der Waals surface area contributed by atoms with E-state index in [-0.39, 0.29) is 30.5 Å². The van der Waals surface area contributed by atoms with Crippen LogP contribution in [0.3, 0.4) is 0 Å². The number of halogens is 5. The van der Waals surface area contributed by atoms with Crippen LogP contribution in [0.25, 0.3) is 5.69 Å². The van der Waals surface area contributed by atoms with Crippen LogP contribution < -0.4 is 9.80 Å². The van der Waals surface area contributed by atoms with Crippen molar-refractivity contribution in [2.45, 2.75) is 51.0 Å². The highest BCUT2D eigenvalue weighted by Gasteiger charge is 2.80. The number of nitrogens with zero attached hydrogens (tertiary/aromatic N) is 7. The van der Waals surface area contributed by atoms with E-state index < -0.39 is 17.1 Å². The Bertz CT molecular complexity index is 1500. The molecular weight excluding hydrogens is 534 g/mol. The first-order valence-corrected chi connectivity index (χ1v) is 13.5. The summed E-state index contributed by atoms with van der Waals surface area (Å²) in [6.45, 7) is 5.94. The van der Waals surface area contributed by atoms with E-state index in [2.05, 4.69) is 34.4 Å². The van der Waals surface area contributed by atoms with E-state index in [0.29, 0.717) is 23.8 Å². The zero-order valence-corrected chi connectivity index (χ0v) is 22.0. The maximum absolute atomic E-state index is 13.6. The number of alkyl halides is 3. The molecule has 2 aromatic heterocycles. The first kappa shape index (κ1) is 23.9. The molecule has 3 aliphatic heterocycles. The van der Waals surface area contributed by atoms with Crippen LogP contribution in [0.1, 0.15) is 36.3 Å². The van der Waals surface area contributed by atoms with Gasteiger partial charge in [-0.15, -0.1) is 10.2 Å². The van der Waals surface area contributed by atoms with Crippen molar-refractivity contribution in [3.05, 3.63) is 58.3 Å². The van der Waals surface area contributed by atoms with Crippen molar-refractivity contribution in [2.75, 3.05) is 36.0 Å². The molecule has 204 valence electrons. The van der Waals surface area contributed by atoms with Crippen LogP contribution in [0.4, 0.5) is 29.3 Å². The number of rotatable bonds is 3. The summed E-state index contributed by atoms with van der Waals surface area (Å²) in [5.41, 5.74) is 0.453. The van der Waals surface area contributed by atoms with Gasteiger partial charge in [0, 0.05) is 48.7 Å². The number of hydrogen-bond acceptors (Lipinski definition) is 6. The number of benzene rings is 1. The third kappa shape index (κ3) is 3.23. The lowest BCUT2D eigenvalue weighted by Crippen LogP contribution is -2.78. The molecule has 0 amide bonds. The van der Waals surface area contributed by atoms with Gasteiger partial charge >= 0.3 is 6.18 Å². The minimum Gasteiger partial charge on any atom is -0.355 e. The van der Waals surface area contributed by atoms with Crippen molar-refractivity contribution in [3.63, 3.8) is 0 Å². The Morgan fingerprint density at radius 2 is 1.64 bits per heavy atom. The van der Waals surface area contributed by atoms with Crippen LogP contribution in [0.15, 0.2) is 30.3 Å². The summed E-state index contributed by atoms with van der Waals surface area (Å²) in [7, 11) is 0. The second kappa shape index (κ2) is 7.42. The second-order valence-electron chi connectivity index (χ2n) is 12.4. The zero-order chi connectivity index (χ0) is 26.9. The topological polar surface area (TPSA) is 53.3 Å². The van der Waals surface area contributed by atoms with Gasteiger partial charge in [-0.25, -0.2) is 9.37 Å². The van der Waals surface area contributed by atoms with Crippen LogP contribution in [-0.4, -0.2) is 62.5 Å². The van der Waals surface area contributed by atoms with E-state index in [9.17, 15) is 17.6 Å². The van der Waals surface area contributed by atoms with Gasteiger partial charge in [0.05, 0.1) is 23.3 Å². The smallest absolute Gasteiger partial charge is 0.355 e. The summed E-state index contributed by atoms with van der Waals surface area (Å²) >= 11 is 6.37. The molecule has 0 N–H and O–H groups in total. The van der Waals surface area contributed by atoms with Gasteiger partial charge in [-0.3, -0.25) is 9.47 Å². The number of hydrogen-bond donors (Lipinski definition) is 0. The summed E-state index contributed by atoms with van der Waals surface area (Å²) in [6, 6.07) is 8.89. The molecule has 39 heavy (non-hydrogen) atoms. The molecule has 2 bridgehead atoms. The largest absolute Gasteiger partial charge is 0.394 e. The summed E-state index contributed by atoms with van der Waals surface area (Å²) in [4.78, 5) is 10.9. The van der Waals surface area contributed by atoms with Gasteiger partial charge in [0.15, 0.2) is 5.82 Å². The van der Waals surface area contributed by atoms with Gasteiger partial charge in [0.1, 0.15) is 11.6 Å². The van der Waals surface area contributed by atoms with Gasteiger partial charge in [-0.05, 0) is 62.1 Å². The maximum Gasteiger partial charge on any atom is 0.394 e. The van der Waals surface area contributed by atoms with E-state index in [1.807, 2.05) is 18.2 Å². The average molecular weight is 560 g/mol. The highest BCUT2D eigenvalue weighted by atomic mass is 35.5. The Kier molecular flexibility index (Phi) is 4.55. The van der Waals surface area contributed by atoms with Gasteiger partial charge < -0.3 is 9.80 Å². The quantitative estimate of drug-likeness (QED) is 0.426. The first-order valence-electron chi connectivity index (χ1n) is 13.2. The van der Waals surface area contributed by atoms with Crippen molar-refractivity contribution < 1.29 is 17.6 Å². The molecule has 5 fully saturated rings. The molecular formula is C27H26ClF4N7. The third-order valence-electron chi connectivity index (χ3n) is 9.68. The van der Waals surface area contributed by atoms with Gasteiger partial charge in [-0.1, -0.05) is 11.6 Å². The monoisotopic (exact) mass is 559 g/mol. The Hall–Kier alpha value is -2.92. The summed E-state index contributed by atoms with van der Waals surface area (Å²) < 4.78 is 56.4. The average Bonchev–Trinajstić information content (AvgIpc) is 3.07. The SMILES string of the molecule is Cc1nc(N2CC3(C2)CN(c2nnc4n2-c2ccc(Cl)cc2CN(C25CC(C(F)(F)F)(C2)C5)C4)C3)ccc1F. The van der Waals surface area contributed by atoms with Crippen molar-refractivity contribution in [1.82, 2.24) is 24.6 Å². The molecule has 12 heteroatoms.